The van der Waals surface area contributed by atoms with Crippen molar-refractivity contribution < 1.29 is 4.74 Å². The van der Waals surface area contributed by atoms with Gasteiger partial charge in [-0.2, -0.15) is 0 Å². The van der Waals surface area contributed by atoms with Gasteiger partial charge in [-0.25, -0.2) is 9.97 Å². The van der Waals surface area contributed by atoms with Crippen LogP contribution in [0.5, 0.6) is 0 Å². The summed E-state index contributed by atoms with van der Waals surface area (Å²) < 4.78 is 5.32. The maximum Gasteiger partial charge on any atom is 0.225 e. The number of ether oxygens (including phenoxy) is 1. The summed E-state index contributed by atoms with van der Waals surface area (Å²) in [5, 5.41) is 7.36. The molecule has 17 heavy (non-hydrogen) atoms. The van der Waals surface area contributed by atoms with E-state index in [-0.39, 0.29) is 5.84 Å². The second-order valence-electron chi connectivity index (χ2n) is 4.08. The highest BCUT2D eigenvalue weighted by Crippen LogP contribution is 2.17. The molecule has 0 radical (unpaired) electrons. The van der Waals surface area contributed by atoms with Crippen molar-refractivity contribution >= 4 is 11.8 Å². The largest absolute Gasteiger partial charge is 0.382 e. The Balaban J connectivity index is 2.08. The summed E-state index contributed by atoms with van der Waals surface area (Å²) in [6.07, 6.45) is 3.93. The van der Waals surface area contributed by atoms with E-state index < -0.39 is 0 Å². The maximum atomic E-state index is 7.36. The van der Waals surface area contributed by atoms with Crippen LogP contribution in [0.2, 0.25) is 0 Å². The van der Waals surface area contributed by atoms with Gasteiger partial charge in [-0.05, 0) is 18.9 Å². The van der Waals surface area contributed by atoms with Crippen molar-refractivity contribution in [2.24, 2.45) is 5.73 Å². The third-order valence-electron chi connectivity index (χ3n) is 2.98. The number of nitrogens with one attached hydrogen (secondary N) is 1. The Morgan fingerprint density at radius 1 is 1.53 bits per heavy atom. The predicted molar refractivity (Wildman–Crippen MR) is 65.3 cm³/mol. The molecule has 2 heterocycles. The monoisotopic (exact) mass is 235 g/mol. The number of hydrogen-bond acceptors (Lipinski definition) is 5. The number of anilines is 1. The normalized spacial score (nSPS) is 17.1. The smallest absolute Gasteiger partial charge is 0.225 e. The van der Waals surface area contributed by atoms with E-state index in [1.807, 2.05) is 0 Å². The van der Waals surface area contributed by atoms with Crippen LogP contribution in [0, 0.1) is 5.41 Å². The van der Waals surface area contributed by atoms with E-state index in [1.54, 1.807) is 19.4 Å². The van der Waals surface area contributed by atoms with Gasteiger partial charge in [0.1, 0.15) is 11.5 Å². The summed E-state index contributed by atoms with van der Waals surface area (Å²) in [5.74, 6) is 0.618. The minimum atomic E-state index is -0.0274. The van der Waals surface area contributed by atoms with Crippen molar-refractivity contribution in [2.75, 3.05) is 25.1 Å². The highest BCUT2D eigenvalue weighted by atomic mass is 16.5. The van der Waals surface area contributed by atoms with Gasteiger partial charge in [-0.15, -0.1) is 0 Å². The SMILES string of the molecule is COC1CCN(c2nccc(C(=N)N)n2)CC1. The number of rotatable bonds is 3. The molecule has 6 heteroatoms. The first-order valence-corrected chi connectivity index (χ1v) is 5.66. The number of hydrogen-bond donors (Lipinski definition) is 2. The van der Waals surface area contributed by atoms with Crippen LogP contribution in [0.1, 0.15) is 18.5 Å². The van der Waals surface area contributed by atoms with Crippen LogP contribution in [0.15, 0.2) is 12.3 Å². The first kappa shape index (κ1) is 11.8. The van der Waals surface area contributed by atoms with Gasteiger partial charge >= 0.3 is 0 Å². The van der Waals surface area contributed by atoms with E-state index in [1.165, 1.54) is 0 Å². The van der Waals surface area contributed by atoms with Crippen LogP contribution in [-0.2, 0) is 4.74 Å². The molecule has 1 aliphatic heterocycles. The number of piperidine rings is 1. The molecule has 3 N–H and O–H groups in total. The molecule has 0 saturated carbocycles. The minimum absolute atomic E-state index is 0.0274. The molecule has 0 spiro atoms. The number of nitrogens with two attached hydrogens (primary N) is 1. The van der Waals surface area contributed by atoms with Gasteiger partial charge in [0.25, 0.3) is 0 Å². The van der Waals surface area contributed by atoms with Gasteiger partial charge in [0, 0.05) is 26.4 Å². The van der Waals surface area contributed by atoms with Gasteiger partial charge in [0.15, 0.2) is 0 Å². The van der Waals surface area contributed by atoms with Crippen molar-refractivity contribution in [1.29, 1.82) is 5.41 Å². The second-order valence-corrected chi connectivity index (χ2v) is 4.08. The highest BCUT2D eigenvalue weighted by Gasteiger charge is 2.20. The molecule has 1 aromatic rings. The quantitative estimate of drug-likeness (QED) is 0.584. The molecule has 0 amide bonds. The van der Waals surface area contributed by atoms with E-state index in [9.17, 15) is 0 Å². The molecule has 1 fully saturated rings. The van der Waals surface area contributed by atoms with E-state index in [4.69, 9.17) is 15.9 Å². The first-order chi connectivity index (χ1) is 8.20. The molecule has 0 bridgehead atoms. The molecule has 0 unspecified atom stereocenters. The summed E-state index contributed by atoms with van der Waals surface area (Å²) in [6.45, 7) is 1.75. The van der Waals surface area contributed by atoms with Crippen LogP contribution >= 0.6 is 0 Å². The Morgan fingerprint density at radius 3 is 2.82 bits per heavy atom. The first-order valence-electron chi connectivity index (χ1n) is 5.66. The molecule has 0 aromatic carbocycles. The predicted octanol–water partition coefficient (Wildman–Crippen LogP) is 0.376. The van der Waals surface area contributed by atoms with Crippen molar-refractivity contribution in [3.8, 4) is 0 Å². The molecule has 0 atom stereocenters. The van der Waals surface area contributed by atoms with Gasteiger partial charge in [0.05, 0.1) is 6.10 Å². The van der Waals surface area contributed by atoms with Gasteiger partial charge in [0.2, 0.25) is 5.95 Å². The Morgan fingerprint density at radius 2 is 2.24 bits per heavy atom. The molecule has 0 aliphatic carbocycles. The fraction of sp³-hybridized carbons (Fsp3) is 0.545. The van der Waals surface area contributed by atoms with Crippen molar-refractivity contribution in [1.82, 2.24) is 9.97 Å². The van der Waals surface area contributed by atoms with E-state index in [0.717, 1.165) is 25.9 Å². The van der Waals surface area contributed by atoms with Crippen LogP contribution in [0.25, 0.3) is 0 Å². The van der Waals surface area contributed by atoms with Gasteiger partial charge in [-0.3, -0.25) is 5.41 Å². The summed E-state index contributed by atoms with van der Waals surface area (Å²) in [6, 6.07) is 1.65. The Hall–Kier alpha value is -1.69. The summed E-state index contributed by atoms with van der Waals surface area (Å²) in [5.41, 5.74) is 5.89. The van der Waals surface area contributed by atoms with Gasteiger partial charge in [-0.1, -0.05) is 0 Å². The molecule has 1 aliphatic rings. The number of nitrogens with zero attached hydrogens (tertiary/aromatic N) is 3. The summed E-state index contributed by atoms with van der Waals surface area (Å²) in [4.78, 5) is 10.6. The van der Waals surface area contributed by atoms with Crippen LogP contribution in [0.4, 0.5) is 5.95 Å². The van der Waals surface area contributed by atoms with Gasteiger partial charge < -0.3 is 15.4 Å². The zero-order valence-electron chi connectivity index (χ0n) is 9.89. The zero-order valence-corrected chi connectivity index (χ0v) is 9.89. The van der Waals surface area contributed by atoms with Crippen LogP contribution < -0.4 is 10.6 Å². The van der Waals surface area contributed by atoms with E-state index >= 15 is 0 Å². The lowest BCUT2D eigenvalue weighted by Crippen LogP contribution is -2.37. The number of amidine groups is 1. The second kappa shape index (κ2) is 5.09. The summed E-state index contributed by atoms with van der Waals surface area (Å²) >= 11 is 0. The van der Waals surface area contributed by atoms with Crippen LogP contribution in [0.3, 0.4) is 0 Å². The number of nitrogen functional groups attached to an aromatic ring is 1. The average molecular weight is 235 g/mol. The van der Waals surface area contributed by atoms with Crippen LogP contribution in [-0.4, -0.2) is 42.1 Å². The van der Waals surface area contributed by atoms with E-state index in [2.05, 4.69) is 14.9 Å². The summed E-state index contributed by atoms with van der Waals surface area (Å²) in [7, 11) is 1.74. The Labute approximate surface area is 100 Å². The minimum Gasteiger partial charge on any atom is -0.382 e. The van der Waals surface area contributed by atoms with E-state index in [0.29, 0.717) is 17.7 Å². The topological polar surface area (TPSA) is 88.1 Å². The standard InChI is InChI=1S/C11H17N5O/c1-17-8-3-6-16(7-4-8)11-14-5-2-9(15-11)10(12)13/h2,5,8H,3-4,6-7H2,1H3,(H3,12,13). The third kappa shape index (κ3) is 2.71. The number of methoxy groups -OCH3 is 1. The van der Waals surface area contributed by atoms with Crippen molar-refractivity contribution in [3.63, 3.8) is 0 Å². The number of aromatic nitrogens is 2. The zero-order chi connectivity index (χ0) is 12.3. The lowest BCUT2D eigenvalue weighted by Gasteiger charge is -2.31. The molecule has 92 valence electrons. The molecule has 2 rings (SSSR count). The Bertz CT molecular complexity index is 401. The fourth-order valence-corrected chi connectivity index (χ4v) is 1.94. The molecule has 6 nitrogen and oxygen atoms in total. The molecule has 1 aromatic heterocycles. The maximum absolute atomic E-state index is 7.36. The van der Waals surface area contributed by atoms with Crippen molar-refractivity contribution in [3.05, 3.63) is 18.0 Å². The Kier molecular flexibility index (Phi) is 3.53. The van der Waals surface area contributed by atoms with Crippen molar-refractivity contribution in [2.45, 2.75) is 18.9 Å². The lowest BCUT2D eigenvalue weighted by atomic mass is 10.1. The molecule has 1 saturated heterocycles. The highest BCUT2D eigenvalue weighted by molar-refractivity contribution is 5.93. The molecular weight excluding hydrogens is 218 g/mol. The lowest BCUT2D eigenvalue weighted by molar-refractivity contribution is 0.0816. The molecular formula is C11H17N5O. The average Bonchev–Trinajstić information content (AvgIpc) is 2.39. The fourth-order valence-electron chi connectivity index (χ4n) is 1.94. The third-order valence-corrected chi connectivity index (χ3v) is 2.98.